The molecule has 0 fully saturated rings. The number of hydrogen-bond donors (Lipinski definition) is 1. The van der Waals surface area contributed by atoms with Crippen molar-refractivity contribution in [3.05, 3.63) is 23.8 Å². The van der Waals surface area contributed by atoms with E-state index < -0.39 is 0 Å². The molecule has 1 aromatic carbocycles. The van der Waals surface area contributed by atoms with Crippen molar-refractivity contribution in [3.63, 3.8) is 0 Å². The Hall–Kier alpha value is -1.75. The molecule has 0 aliphatic rings. The summed E-state index contributed by atoms with van der Waals surface area (Å²) in [4.78, 5) is 14.1. The lowest BCUT2D eigenvalue weighted by atomic mass is 9.93. The predicted molar refractivity (Wildman–Crippen MR) is 79.3 cm³/mol. The number of nitrogens with two attached hydrogens (primary N) is 1. The van der Waals surface area contributed by atoms with Gasteiger partial charge in [0, 0.05) is 19.7 Å². The number of nitrogens with zero attached hydrogens (tertiary/aromatic N) is 1. The molecule has 0 saturated heterocycles. The van der Waals surface area contributed by atoms with E-state index in [1.165, 1.54) is 7.11 Å². The minimum atomic E-state index is -0.121. The van der Waals surface area contributed by atoms with Crippen molar-refractivity contribution in [2.24, 2.45) is 11.1 Å². The van der Waals surface area contributed by atoms with Crippen LogP contribution in [0.2, 0.25) is 0 Å². The number of carbonyl (C=O) groups excluding carboxylic acids is 1. The zero-order valence-corrected chi connectivity index (χ0v) is 12.9. The van der Waals surface area contributed by atoms with Crippen molar-refractivity contribution in [1.29, 1.82) is 0 Å². The van der Waals surface area contributed by atoms with E-state index in [1.54, 1.807) is 37.3 Å². The zero-order chi connectivity index (χ0) is 15.3. The van der Waals surface area contributed by atoms with Crippen molar-refractivity contribution < 1.29 is 14.3 Å². The second kappa shape index (κ2) is 6.61. The van der Waals surface area contributed by atoms with Crippen LogP contribution in [0.4, 0.5) is 0 Å². The number of ether oxygens (including phenoxy) is 2. The summed E-state index contributed by atoms with van der Waals surface area (Å²) in [5, 5.41) is 0. The standard InChI is InChI=1S/C15H24N2O3/c1-15(2,9-16)10-17(3)14(18)12-7-6-11(19-4)8-13(12)20-5/h6-8H,9-10,16H2,1-5H3. The summed E-state index contributed by atoms with van der Waals surface area (Å²) in [6.45, 7) is 5.16. The largest absolute Gasteiger partial charge is 0.497 e. The van der Waals surface area contributed by atoms with Crippen LogP contribution in [0.5, 0.6) is 11.5 Å². The molecule has 2 N–H and O–H groups in total. The number of amides is 1. The quantitative estimate of drug-likeness (QED) is 0.862. The highest BCUT2D eigenvalue weighted by atomic mass is 16.5. The maximum atomic E-state index is 12.5. The molecule has 1 aromatic rings. The van der Waals surface area contributed by atoms with E-state index in [-0.39, 0.29) is 11.3 Å². The summed E-state index contributed by atoms with van der Waals surface area (Å²) in [5.74, 6) is 1.07. The highest BCUT2D eigenvalue weighted by molar-refractivity contribution is 5.97. The van der Waals surface area contributed by atoms with Gasteiger partial charge in [0.15, 0.2) is 0 Å². The van der Waals surface area contributed by atoms with Crippen LogP contribution in [0, 0.1) is 5.41 Å². The van der Waals surface area contributed by atoms with E-state index in [0.717, 1.165) is 0 Å². The van der Waals surface area contributed by atoms with E-state index in [1.807, 2.05) is 13.8 Å². The van der Waals surface area contributed by atoms with Crippen molar-refractivity contribution in [2.75, 3.05) is 34.4 Å². The van der Waals surface area contributed by atoms with E-state index in [2.05, 4.69) is 0 Å². The Bertz CT molecular complexity index is 472. The summed E-state index contributed by atoms with van der Waals surface area (Å²) in [6.07, 6.45) is 0. The van der Waals surface area contributed by atoms with Gasteiger partial charge < -0.3 is 20.1 Å². The van der Waals surface area contributed by atoms with Gasteiger partial charge in [-0.3, -0.25) is 4.79 Å². The molecule has 1 rings (SSSR count). The summed E-state index contributed by atoms with van der Waals surface area (Å²) in [5.41, 5.74) is 6.10. The average molecular weight is 280 g/mol. The van der Waals surface area contributed by atoms with Crippen LogP contribution in [0.1, 0.15) is 24.2 Å². The maximum absolute atomic E-state index is 12.5. The third kappa shape index (κ3) is 3.87. The fourth-order valence-electron chi connectivity index (χ4n) is 1.96. The Kier molecular flexibility index (Phi) is 5.39. The summed E-state index contributed by atoms with van der Waals surface area (Å²) in [6, 6.07) is 5.17. The van der Waals surface area contributed by atoms with Gasteiger partial charge in [-0.25, -0.2) is 0 Å². The Morgan fingerprint density at radius 3 is 2.45 bits per heavy atom. The predicted octanol–water partition coefficient (Wildman–Crippen LogP) is 1.76. The van der Waals surface area contributed by atoms with Gasteiger partial charge in [-0.2, -0.15) is 0 Å². The fraction of sp³-hybridized carbons (Fsp3) is 0.533. The molecule has 112 valence electrons. The van der Waals surface area contributed by atoms with E-state index in [4.69, 9.17) is 15.2 Å². The van der Waals surface area contributed by atoms with Crippen LogP contribution in [0.3, 0.4) is 0 Å². The Labute approximate surface area is 120 Å². The molecule has 0 radical (unpaired) electrons. The molecule has 0 aliphatic carbocycles. The van der Waals surface area contributed by atoms with Crippen LogP contribution >= 0.6 is 0 Å². The van der Waals surface area contributed by atoms with Crippen LogP contribution in [0.25, 0.3) is 0 Å². The first-order valence-corrected chi connectivity index (χ1v) is 6.52. The van der Waals surface area contributed by atoms with Crippen LogP contribution in [-0.4, -0.2) is 45.2 Å². The third-order valence-corrected chi connectivity index (χ3v) is 3.20. The van der Waals surface area contributed by atoms with E-state index in [0.29, 0.717) is 30.2 Å². The van der Waals surface area contributed by atoms with Gasteiger partial charge in [0.25, 0.3) is 5.91 Å². The number of hydrogen-bond acceptors (Lipinski definition) is 4. The molecule has 0 bridgehead atoms. The molecule has 0 aliphatic heterocycles. The average Bonchev–Trinajstić information content (AvgIpc) is 2.45. The monoisotopic (exact) mass is 280 g/mol. The molecule has 5 heteroatoms. The first-order valence-electron chi connectivity index (χ1n) is 6.52. The molecule has 0 saturated carbocycles. The van der Waals surface area contributed by atoms with Crippen molar-refractivity contribution >= 4 is 5.91 Å². The molecule has 20 heavy (non-hydrogen) atoms. The number of methoxy groups -OCH3 is 2. The van der Waals surface area contributed by atoms with Crippen molar-refractivity contribution in [3.8, 4) is 11.5 Å². The molecule has 0 atom stereocenters. The van der Waals surface area contributed by atoms with E-state index >= 15 is 0 Å². The highest BCUT2D eigenvalue weighted by Crippen LogP contribution is 2.26. The Morgan fingerprint density at radius 2 is 1.95 bits per heavy atom. The lowest BCUT2D eigenvalue weighted by Gasteiger charge is -2.29. The van der Waals surface area contributed by atoms with Gasteiger partial charge in [0.05, 0.1) is 19.8 Å². The van der Waals surface area contributed by atoms with Gasteiger partial charge in [-0.1, -0.05) is 13.8 Å². The highest BCUT2D eigenvalue weighted by Gasteiger charge is 2.23. The second-order valence-corrected chi connectivity index (χ2v) is 5.60. The molecule has 0 spiro atoms. The minimum absolute atomic E-state index is 0.0916. The minimum Gasteiger partial charge on any atom is -0.497 e. The first kappa shape index (κ1) is 16.3. The van der Waals surface area contributed by atoms with Crippen LogP contribution in [-0.2, 0) is 0 Å². The van der Waals surface area contributed by atoms with E-state index in [9.17, 15) is 4.79 Å². The van der Waals surface area contributed by atoms with Gasteiger partial charge in [-0.15, -0.1) is 0 Å². The smallest absolute Gasteiger partial charge is 0.257 e. The second-order valence-electron chi connectivity index (χ2n) is 5.60. The lowest BCUT2D eigenvalue weighted by Crippen LogP contribution is -2.39. The number of rotatable bonds is 6. The van der Waals surface area contributed by atoms with Gasteiger partial charge in [-0.05, 0) is 24.1 Å². The Morgan fingerprint density at radius 1 is 1.30 bits per heavy atom. The van der Waals surface area contributed by atoms with Gasteiger partial charge in [0.2, 0.25) is 0 Å². The summed E-state index contributed by atoms with van der Waals surface area (Å²) < 4.78 is 10.4. The fourth-order valence-corrected chi connectivity index (χ4v) is 1.96. The normalized spacial score (nSPS) is 11.1. The Balaban J connectivity index is 2.97. The molecular formula is C15H24N2O3. The van der Waals surface area contributed by atoms with Gasteiger partial charge >= 0.3 is 0 Å². The molecule has 5 nitrogen and oxygen atoms in total. The molecule has 0 aromatic heterocycles. The zero-order valence-electron chi connectivity index (χ0n) is 12.9. The SMILES string of the molecule is COc1ccc(C(=O)N(C)CC(C)(C)CN)c(OC)c1. The maximum Gasteiger partial charge on any atom is 0.257 e. The first-order chi connectivity index (χ1) is 9.34. The molecular weight excluding hydrogens is 256 g/mol. The van der Waals surface area contributed by atoms with Gasteiger partial charge in [0.1, 0.15) is 11.5 Å². The van der Waals surface area contributed by atoms with Crippen LogP contribution < -0.4 is 15.2 Å². The van der Waals surface area contributed by atoms with Crippen LogP contribution in [0.15, 0.2) is 18.2 Å². The molecule has 0 heterocycles. The third-order valence-electron chi connectivity index (χ3n) is 3.20. The van der Waals surface area contributed by atoms with Crippen molar-refractivity contribution in [1.82, 2.24) is 4.90 Å². The van der Waals surface area contributed by atoms with Crippen molar-refractivity contribution in [2.45, 2.75) is 13.8 Å². The number of benzene rings is 1. The summed E-state index contributed by atoms with van der Waals surface area (Å²) in [7, 11) is 4.88. The number of carbonyl (C=O) groups is 1. The summed E-state index contributed by atoms with van der Waals surface area (Å²) >= 11 is 0. The molecule has 1 amide bonds. The topological polar surface area (TPSA) is 64.8 Å². The molecule has 0 unspecified atom stereocenters. The lowest BCUT2D eigenvalue weighted by molar-refractivity contribution is 0.0737.